The highest BCUT2D eigenvalue weighted by atomic mass is 19.1. The average Bonchev–Trinajstić information content (AvgIpc) is 2.54. The summed E-state index contributed by atoms with van der Waals surface area (Å²) in [4.78, 5) is 23.1. The summed E-state index contributed by atoms with van der Waals surface area (Å²) in [5.74, 6) is -7.84. The lowest BCUT2D eigenvalue weighted by atomic mass is 10.1. The number of aliphatic hydroxyl groups excluding tert-OH is 1. The summed E-state index contributed by atoms with van der Waals surface area (Å²) in [7, 11) is 0. The van der Waals surface area contributed by atoms with E-state index in [2.05, 4.69) is 4.74 Å². The van der Waals surface area contributed by atoms with Crippen LogP contribution in [0.25, 0.3) is 0 Å². The molecule has 5 nitrogen and oxygen atoms in total. The number of carbonyl (C=O) groups is 2. The molecule has 2 aromatic rings. The number of carboxylic acids is 1. The van der Waals surface area contributed by atoms with E-state index in [1.165, 1.54) is 0 Å². The van der Waals surface area contributed by atoms with Crippen LogP contribution < -0.4 is 0 Å². The fraction of sp³-hybridized carbons (Fsp3) is 0.125. The molecule has 0 saturated heterocycles. The Morgan fingerprint density at radius 2 is 1.48 bits per heavy atom. The normalized spacial score (nSPS) is 13.2. The van der Waals surface area contributed by atoms with Crippen molar-refractivity contribution in [2.45, 2.75) is 12.2 Å². The number of aliphatic carboxylic acids is 1. The Kier molecular flexibility index (Phi) is 5.38. The van der Waals surface area contributed by atoms with Crippen molar-refractivity contribution in [3.63, 3.8) is 0 Å². The van der Waals surface area contributed by atoms with Crippen molar-refractivity contribution in [1.29, 1.82) is 0 Å². The van der Waals surface area contributed by atoms with Gasteiger partial charge in [0, 0.05) is 17.2 Å². The maximum absolute atomic E-state index is 13.7. The molecule has 0 heterocycles. The first-order chi connectivity index (χ1) is 11.7. The minimum absolute atomic E-state index is 0.377. The largest absolute Gasteiger partial charge is 0.478 e. The van der Waals surface area contributed by atoms with Gasteiger partial charge in [0.15, 0.2) is 6.10 Å². The van der Waals surface area contributed by atoms with Crippen molar-refractivity contribution in [2.24, 2.45) is 0 Å². The van der Waals surface area contributed by atoms with Crippen LogP contribution in [0.1, 0.15) is 23.3 Å². The van der Waals surface area contributed by atoms with E-state index in [0.717, 1.165) is 18.2 Å². The van der Waals surface area contributed by atoms with Crippen LogP contribution in [0.2, 0.25) is 0 Å². The molecule has 2 unspecified atom stereocenters. The molecule has 0 aliphatic carbocycles. The SMILES string of the molecule is O=C(OC(C(=O)O)c1ccc(F)cc1F)C(O)c1cc(F)ccc1F. The van der Waals surface area contributed by atoms with E-state index in [9.17, 15) is 32.3 Å². The first-order valence-corrected chi connectivity index (χ1v) is 6.72. The summed E-state index contributed by atoms with van der Waals surface area (Å²) in [6, 6.07) is 3.77. The van der Waals surface area contributed by atoms with Crippen LogP contribution in [0.3, 0.4) is 0 Å². The molecule has 2 aromatic carbocycles. The third-order valence-corrected chi connectivity index (χ3v) is 3.18. The molecule has 0 aromatic heterocycles. The lowest BCUT2D eigenvalue weighted by Crippen LogP contribution is -2.25. The summed E-state index contributed by atoms with van der Waals surface area (Å²) in [6.07, 6.45) is -4.57. The quantitative estimate of drug-likeness (QED) is 0.634. The van der Waals surface area contributed by atoms with E-state index in [4.69, 9.17) is 5.11 Å². The second kappa shape index (κ2) is 7.31. The fourth-order valence-corrected chi connectivity index (χ4v) is 1.99. The van der Waals surface area contributed by atoms with Gasteiger partial charge in [-0.05, 0) is 30.3 Å². The van der Waals surface area contributed by atoms with Crippen LogP contribution >= 0.6 is 0 Å². The number of aliphatic hydroxyl groups is 1. The van der Waals surface area contributed by atoms with Crippen molar-refractivity contribution in [2.75, 3.05) is 0 Å². The Balaban J connectivity index is 2.28. The van der Waals surface area contributed by atoms with Crippen LogP contribution in [0.5, 0.6) is 0 Å². The Bertz CT molecular complexity index is 824. The standard InChI is InChI=1S/C16H10F4O5/c17-7-2-4-11(19)10(5-7)13(21)16(24)25-14(15(22)23)9-3-1-8(18)6-12(9)20/h1-6,13-14,21H,(H,22,23). The summed E-state index contributed by atoms with van der Waals surface area (Å²) in [6.45, 7) is 0. The molecule has 0 bridgehead atoms. The number of hydrogen-bond acceptors (Lipinski definition) is 4. The highest BCUT2D eigenvalue weighted by molar-refractivity contribution is 5.82. The zero-order valence-electron chi connectivity index (χ0n) is 12.2. The minimum Gasteiger partial charge on any atom is -0.478 e. The molecule has 0 aliphatic heterocycles. The summed E-state index contributed by atoms with van der Waals surface area (Å²) in [5, 5.41) is 18.8. The molecule has 0 aliphatic rings. The van der Waals surface area contributed by atoms with Gasteiger partial charge in [-0.1, -0.05) is 0 Å². The van der Waals surface area contributed by atoms with Crippen LogP contribution in [-0.2, 0) is 14.3 Å². The molecule has 25 heavy (non-hydrogen) atoms. The highest BCUT2D eigenvalue weighted by Gasteiger charge is 2.32. The number of hydrogen-bond donors (Lipinski definition) is 2. The predicted molar refractivity (Wildman–Crippen MR) is 74.1 cm³/mol. The van der Waals surface area contributed by atoms with E-state index < -0.39 is 58.5 Å². The Labute approximate surface area is 138 Å². The van der Waals surface area contributed by atoms with Gasteiger partial charge in [0.25, 0.3) is 0 Å². The van der Waals surface area contributed by atoms with Crippen LogP contribution in [0, 0.1) is 23.3 Å². The van der Waals surface area contributed by atoms with Crippen molar-refractivity contribution in [3.05, 3.63) is 70.8 Å². The summed E-state index contributed by atoms with van der Waals surface area (Å²) >= 11 is 0. The monoisotopic (exact) mass is 358 g/mol. The number of carboxylic acid groups (broad SMARTS) is 1. The van der Waals surface area contributed by atoms with Gasteiger partial charge in [-0.15, -0.1) is 0 Å². The molecular formula is C16H10F4O5. The average molecular weight is 358 g/mol. The molecule has 0 amide bonds. The van der Waals surface area contributed by atoms with Crippen molar-refractivity contribution in [1.82, 2.24) is 0 Å². The Morgan fingerprint density at radius 1 is 0.880 bits per heavy atom. The van der Waals surface area contributed by atoms with Crippen LogP contribution in [-0.4, -0.2) is 22.2 Å². The van der Waals surface area contributed by atoms with Gasteiger partial charge in [0.05, 0.1) is 0 Å². The lowest BCUT2D eigenvalue weighted by molar-refractivity contribution is -0.171. The second-order valence-corrected chi connectivity index (χ2v) is 4.89. The zero-order chi connectivity index (χ0) is 18.7. The zero-order valence-corrected chi connectivity index (χ0v) is 12.2. The predicted octanol–water partition coefficient (Wildman–Crippen LogP) is 2.65. The van der Waals surface area contributed by atoms with Gasteiger partial charge in [-0.2, -0.15) is 0 Å². The number of benzene rings is 2. The first kappa shape index (κ1) is 18.4. The van der Waals surface area contributed by atoms with E-state index >= 15 is 0 Å². The maximum Gasteiger partial charge on any atom is 0.349 e. The smallest absolute Gasteiger partial charge is 0.349 e. The number of ether oxygens (including phenoxy) is 1. The lowest BCUT2D eigenvalue weighted by Gasteiger charge is -2.17. The molecular weight excluding hydrogens is 348 g/mol. The number of carbonyl (C=O) groups excluding carboxylic acids is 1. The van der Waals surface area contributed by atoms with Crippen LogP contribution in [0.4, 0.5) is 17.6 Å². The number of rotatable bonds is 5. The third kappa shape index (κ3) is 4.13. The van der Waals surface area contributed by atoms with E-state index in [1.807, 2.05) is 0 Å². The van der Waals surface area contributed by atoms with Gasteiger partial charge < -0.3 is 14.9 Å². The molecule has 2 rings (SSSR count). The van der Waals surface area contributed by atoms with Gasteiger partial charge in [0.1, 0.15) is 23.3 Å². The fourth-order valence-electron chi connectivity index (χ4n) is 1.99. The maximum atomic E-state index is 13.7. The highest BCUT2D eigenvalue weighted by Crippen LogP contribution is 2.26. The van der Waals surface area contributed by atoms with Crippen molar-refractivity contribution in [3.8, 4) is 0 Å². The number of halogens is 4. The Morgan fingerprint density at radius 3 is 2.08 bits per heavy atom. The third-order valence-electron chi connectivity index (χ3n) is 3.18. The first-order valence-electron chi connectivity index (χ1n) is 6.72. The second-order valence-electron chi connectivity index (χ2n) is 4.89. The number of esters is 1. The van der Waals surface area contributed by atoms with E-state index in [0.29, 0.717) is 18.2 Å². The molecule has 9 heteroatoms. The van der Waals surface area contributed by atoms with Gasteiger partial charge in [0.2, 0.25) is 6.10 Å². The molecule has 0 fully saturated rings. The molecule has 2 N–H and O–H groups in total. The molecule has 132 valence electrons. The van der Waals surface area contributed by atoms with Gasteiger partial charge >= 0.3 is 11.9 Å². The van der Waals surface area contributed by atoms with Gasteiger partial charge in [-0.25, -0.2) is 27.2 Å². The van der Waals surface area contributed by atoms with Crippen LogP contribution in [0.15, 0.2) is 36.4 Å². The molecule has 2 atom stereocenters. The minimum atomic E-state index is -2.35. The summed E-state index contributed by atoms with van der Waals surface area (Å²) < 4.78 is 57.7. The van der Waals surface area contributed by atoms with Crippen molar-refractivity contribution < 1.29 is 42.1 Å². The molecule has 0 spiro atoms. The topological polar surface area (TPSA) is 83.8 Å². The summed E-state index contributed by atoms with van der Waals surface area (Å²) in [5.41, 5.74) is -1.47. The van der Waals surface area contributed by atoms with Gasteiger partial charge in [-0.3, -0.25) is 0 Å². The Hall–Kier alpha value is -2.94. The van der Waals surface area contributed by atoms with Crippen molar-refractivity contribution >= 4 is 11.9 Å². The molecule has 0 radical (unpaired) electrons. The molecule has 0 saturated carbocycles. The van der Waals surface area contributed by atoms with E-state index in [1.54, 1.807) is 0 Å². The van der Waals surface area contributed by atoms with E-state index in [-0.39, 0.29) is 0 Å².